The van der Waals surface area contributed by atoms with Gasteiger partial charge in [-0.2, -0.15) is 0 Å². The molecular weight excluding hydrogens is 312 g/mol. The molecule has 2 N–H and O–H groups in total. The van der Waals surface area contributed by atoms with E-state index in [1.54, 1.807) is 24.3 Å². The van der Waals surface area contributed by atoms with E-state index in [0.717, 1.165) is 43.4 Å². The Balaban J connectivity index is 1.67. The fraction of sp³-hybridized carbons (Fsp3) is 0.353. The Morgan fingerprint density at radius 3 is 2.67 bits per heavy atom. The zero-order valence-electron chi connectivity index (χ0n) is 13.1. The average molecular weight is 330 g/mol. The smallest absolute Gasteiger partial charge is 0.341 e. The Labute approximate surface area is 138 Å². The summed E-state index contributed by atoms with van der Waals surface area (Å²) in [5, 5.41) is 15.3. The Morgan fingerprint density at radius 1 is 1.17 bits per heavy atom. The molecule has 0 radical (unpaired) electrons. The molecule has 1 aliphatic carbocycles. The first-order valence-corrected chi connectivity index (χ1v) is 7.87. The molecule has 0 aliphatic heterocycles. The van der Waals surface area contributed by atoms with Crippen molar-refractivity contribution in [1.29, 1.82) is 0 Å². The van der Waals surface area contributed by atoms with Gasteiger partial charge in [0.2, 0.25) is 0 Å². The summed E-state index contributed by atoms with van der Waals surface area (Å²) in [7, 11) is 0. The zero-order chi connectivity index (χ0) is 16.9. The molecule has 0 bridgehead atoms. The molecule has 1 aliphatic rings. The summed E-state index contributed by atoms with van der Waals surface area (Å²) in [5.41, 5.74) is 1.83. The predicted molar refractivity (Wildman–Crippen MR) is 85.3 cm³/mol. The van der Waals surface area contributed by atoms with Crippen LogP contribution in [0.1, 0.15) is 41.1 Å². The number of anilines is 1. The number of carboxylic acids is 1. The number of fused-ring (bicyclic) bond motifs is 1. The number of benzene rings is 1. The molecule has 1 heterocycles. The van der Waals surface area contributed by atoms with E-state index in [0.29, 0.717) is 17.1 Å². The molecule has 24 heavy (non-hydrogen) atoms. The Bertz CT molecular complexity index is 736. The quantitative estimate of drug-likeness (QED) is 0.817. The molecular formula is C17H18N2O5. The molecule has 0 fully saturated rings. The number of nitrogens with zero attached hydrogens (tertiary/aromatic N) is 1. The van der Waals surface area contributed by atoms with Crippen LogP contribution in [0.3, 0.4) is 0 Å². The second-order valence-electron chi connectivity index (χ2n) is 5.65. The molecule has 0 unspecified atom stereocenters. The highest BCUT2D eigenvalue weighted by Gasteiger charge is 2.23. The largest absolute Gasteiger partial charge is 0.482 e. The Kier molecular flexibility index (Phi) is 4.79. The normalized spacial score (nSPS) is 13.7. The number of hydrogen-bond acceptors (Lipinski definition) is 5. The minimum Gasteiger partial charge on any atom is -0.482 e. The van der Waals surface area contributed by atoms with Crippen molar-refractivity contribution in [2.75, 3.05) is 11.9 Å². The summed E-state index contributed by atoms with van der Waals surface area (Å²) in [6, 6.07) is 6.49. The maximum Gasteiger partial charge on any atom is 0.341 e. The first-order valence-electron chi connectivity index (χ1n) is 7.87. The lowest BCUT2D eigenvalue weighted by molar-refractivity contribution is -0.139. The van der Waals surface area contributed by atoms with E-state index in [4.69, 9.17) is 14.4 Å². The number of aliphatic carboxylic acids is 1. The van der Waals surface area contributed by atoms with Crippen molar-refractivity contribution in [3.63, 3.8) is 0 Å². The molecule has 1 amide bonds. The monoisotopic (exact) mass is 330 g/mol. The van der Waals surface area contributed by atoms with Crippen LogP contribution in [0, 0.1) is 0 Å². The van der Waals surface area contributed by atoms with E-state index in [-0.39, 0.29) is 5.91 Å². The number of aromatic nitrogens is 1. The number of carboxylic acid groups (broad SMARTS) is 1. The number of rotatable bonds is 5. The Hall–Kier alpha value is -2.83. The minimum absolute atomic E-state index is 0.305. The van der Waals surface area contributed by atoms with Crippen LogP contribution in [0.5, 0.6) is 5.75 Å². The molecule has 2 aromatic rings. The summed E-state index contributed by atoms with van der Waals surface area (Å²) >= 11 is 0. The lowest BCUT2D eigenvalue weighted by atomic mass is 10.1. The van der Waals surface area contributed by atoms with Crippen LogP contribution in [-0.2, 0) is 17.6 Å². The van der Waals surface area contributed by atoms with Gasteiger partial charge in [-0.25, -0.2) is 4.79 Å². The van der Waals surface area contributed by atoms with Crippen LogP contribution in [0.2, 0.25) is 0 Å². The molecule has 3 rings (SSSR count). The van der Waals surface area contributed by atoms with E-state index in [1.807, 2.05) is 0 Å². The fourth-order valence-electron chi connectivity index (χ4n) is 2.71. The number of hydrogen-bond donors (Lipinski definition) is 2. The van der Waals surface area contributed by atoms with Crippen molar-refractivity contribution in [3.8, 4) is 5.75 Å². The second-order valence-corrected chi connectivity index (χ2v) is 5.65. The SMILES string of the molecule is O=C(O)COc1ccc(NC(=O)c2noc3c2CCCCC3)cc1. The first kappa shape index (κ1) is 16.0. The van der Waals surface area contributed by atoms with Gasteiger partial charge in [-0.15, -0.1) is 0 Å². The van der Waals surface area contributed by atoms with Crippen molar-refractivity contribution in [3.05, 3.63) is 41.3 Å². The van der Waals surface area contributed by atoms with Gasteiger partial charge in [-0.1, -0.05) is 11.6 Å². The third-order valence-electron chi connectivity index (χ3n) is 3.89. The van der Waals surface area contributed by atoms with Crippen LogP contribution in [-0.4, -0.2) is 28.7 Å². The van der Waals surface area contributed by atoms with Gasteiger partial charge < -0.3 is 19.7 Å². The first-order chi connectivity index (χ1) is 11.6. The van der Waals surface area contributed by atoms with Gasteiger partial charge in [0.25, 0.3) is 5.91 Å². The number of ether oxygens (including phenoxy) is 1. The van der Waals surface area contributed by atoms with E-state index in [2.05, 4.69) is 10.5 Å². The fourth-order valence-corrected chi connectivity index (χ4v) is 2.71. The number of aryl methyl sites for hydroxylation is 1. The molecule has 126 valence electrons. The molecule has 0 saturated carbocycles. The molecule has 1 aromatic heterocycles. The van der Waals surface area contributed by atoms with Gasteiger partial charge in [-0.05, 0) is 43.5 Å². The van der Waals surface area contributed by atoms with Gasteiger partial charge in [0.1, 0.15) is 11.5 Å². The van der Waals surface area contributed by atoms with Gasteiger partial charge in [0.15, 0.2) is 12.3 Å². The molecule has 0 atom stereocenters. The standard InChI is InChI=1S/C17H18N2O5/c20-15(21)10-23-12-8-6-11(7-9-12)18-17(22)16-13-4-2-1-3-5-14(13)24-19-16/h6-9H,1-5,10H2,(H,18,22)(H,20,21). The van der Waals surface area contributed by atoms with Gasteiger partial charge >= 0.3 is 5.97 Å². The predicted octanol–water partition coefficient (Wildman–Crippen LogP) is 2.66. The van der Waals surface area contributed by atoms with Crippen molar-refractivity contribution >= 4 is 17.6 Å². The molecule has 1 aromatic carbocycles. The van der Waals surface area contributed by atoms with Crippen LogP contribution in [0.25, 0.3) is 0 Å². The highest BCUT2D eigenvalue weighted by Crippen LogP contribution is 2.24. The molecule has 0 saturated heterocycles. The van der Waals surface area contributed by atoms with Gasteiger partial charge in [0.05, 0.1) is 0 Å². The minimum atomic E-state index is -1.04. The maximum atomic E-state index is 12.4. The van der Waals surface area contributed by atoms with Crippen LogP contribution in [0.4, 0.5) is 5.69 Å². The second kappa shape index (κ2) is 7.16. The molecule has 7 heteroatoms. The summed E-state index contributed by atoms with van der Waals surface area (Å²) in [5.74, 6) is -0.110. The molecule has 0 spiro atoms. The van der Waals surface area contributed by atoms with Crippen molar-refractivity contribution in [2.24, 2.45) is 0 Å². The van der Waals surface area contributed by atoms with E-state index < -0.39 is 12.6 Å². The van der Waals surface area contributed by atoms with E-state index in [1.165, 1.54) is 0 Å². The summed E-state index contributed by atoms with van der Waals surface area (Å²) in [6.45, 7) is -0.406. The van der Waals surface area contributed by atoms with Crippen LogP contribution >= 0.6 is 0 Å². The van der Waals surface area contributed by atoms with Crippen molar-refractivity contribution < 1.29 is 24.0 Å². The topological polar surface area (TPSA) is 102 Å². The lowest BCUT2D eigenvalue weighted by Crippen LogP contribution is -2.14. The number of amides is 1. The van der Waals surface area contributed by atoms with Crippen molar-refractivity contribution in [2.45, 2.75) is 32.1 Å². The van der Waals surface area contributed by atoms with E-state index >= 15 is 0 Å². The average Bonchev–Trinajstić information content (AvgIpc) is 2.83. The summed E-state index contributed by atoms with van der Waals surface area (Å²) in [4.78, 5) is 22.9. The third kappa shape index (κ3) is 3.73. The third-order valence-corrected chi connectivity index (χ3v) is 3.89. The van der Waals surface area contributed by atoms with E-state index in [9.17, 15) is 9.59 Å². The zero-order valence-corrected chi connectivity index (χ0v) is 13.1. The van der Waals surface area contributed by atoms with Gasteiger partial charge in [-0.3, -0.25) is 4.79 Å². The van der Waals surface area contributed by atoms with Gasteiger partial charge in [0, 0.05) is 17.7 Å². The number of carbonyl (C=O) groups is 2. The van der Waals surface area contributed by atoms with Crippen LogP contribution in [0.15, 0.2) is 28.8 Å². The lowest BCUT2D eigenvalue weighted by Gasteiger charge is -2.06. The summed E-state index contributed by atoms with van der Waals surface area (Å²) in [6.07, 6.45) is 4.85. The summed E-state index contributed by atoms with van der Waals surface area (Å²) < 4.78 is 10.4. The number of carbonyl (C=O) groups excluding carboxylic acids is 1. The number of nitrogens with one attached hydrogen (secondary N) is 1. The highest BCUT2D eigenvalue weighted by molar-refractivity contribution is 6.03. The van der Waals surface area contributed by atoms with Crippen molar-refractivity contribution in [1.82, 2.24) is 5.16 Å². The van der Waals surface area contributed by atoms with Crippen LogP contribution < -0.4 is 10.1 Å². The Morgan fingerprint density at radius 2 is 1.92 bits per heavy atom. The maximum absolute atomic E-state index is 12.4. The highest BCUT2D eigenvalue weighted by atomic mass is 16.5. The molecule has 7 nitrogen and oxygen atoms in total.